The molecule has 2 rings (SSSR count). The summed E-state index contributed by atoms with van der Waals surface area (Å²) in [5.41, 5.74) is -0.874. The van der Waals surface area contributed by atoms with E-state index >= 15 is 0 Å². The van der Waals surface area contributed by atoms with Crippen LogP contribution in [0.25, 0.3) is 0 Å². The van der Waals surface area contributed by atoms with E-state index in [1.165, 1.54) is 18.2 Å². The number of hydrogen-bond acceptors (Lipinski definition) is 4. The molecule has 19 heavy (non-hydrogen) atoms. The molecule has 100 valence electrons. The molecule has 0 atom stereocenters. The quantitative estimate of drug-likeness (QED) is 0.928. The Hall–Kier alpha value is -2.38. The van der Waals surface area contributed by atoms with E-state index in [0.717, 1.165) is 6.07 Å². The van der Waals surface area contributed by atoms with E-state index < -0.39 is 23.5 Å². The van der Waals surface area contributed by atoms with Crippen molar-refractivity contribution in [2.24, 2.45) is 0 Å². The van der Waals surface area contributed by atoms with Crippen molar-refractivity contribution in [1.82, 2.24) is 10.1 Å². The Labute approximate surface area is 104 Å². The molecule has 0 spiro atoms. The monoisotopic (exact) mass is 272 g/mol. The fourth-order valence-electron chi connectivity index (χ4n) is 1.53. The molecule has 1 aromatic carbocycles. The van der Waals surface area contributed by atoms with Gasteiger partial charge in [0.2, 0.25) is 5.89 Å². The maximum atomic E-state index is 12.7. The molecule has 0 fully saturated rings. The Bertz CT molecular complexity index is 607. The van der Waals surface area contributed by atoms with Gasteiger partial charge in [0.05, 0.1) is 12.0 Å². The summed E-state index contributed by atoms with van der Waals surface area (Å²) in [4.78, 5) is 14.0. The molecule has 0 radical (unpaired) electrons. The molecule has 1 heterocycles. The van der Waals surface area contributed by atoms with Crippen LogP contribution in [0, 0.1) is 0 Å². The Kier molecular flexibility index (Phi) is 3.24. The maximum absolute atomic E-state index is 12.7. The van der Waals surface area contributed by atoms with Crippen LogP contribution in [0.3, 0.4) is 0 Å². The highest BCUT2D eigenvalue weighted by atomic mass is 19.4. The number of aromatic carboxylic acids is 1. The van der Waals surface area contributed by atoms with Crippen molar-refractivity contribution in [3.05, 3.63) is 47.1 Å². The molecule has 2 aromatic rings. The first kappa shape index (κ1) is 13.1. The van der Waals surface area contributed by atoms with Crippen molar-refractivity contribution in [3.63, 3.8) is 0 Å². The van der Waals surface area contributed by atoms with Gasteiger partial charge in [-0.15, -0.1) is 0 Å². The van der Waals surface area contributed by atoms with Crippen LogP contribution in [0.1, 0.15) is 27.6 Å². The summed E-state index contributed by atoms with van der Waals surface area (Å²) in [7, 11) is 0. The standard InChI is InChI=1S/C11H7F3N2O3/c12-11(13,14)7-4-2-1-3-6(7)5-8-15-9(10(17)18)16-19-8/h1-4H,5H2,(H,17,18). The van der Waals surface area contributed by atoms with Gasteiger partial charge in [0.15, 0.2) is 0 Å². The molecule has 1 N–H and O–H groups in total. The number of benzene rings is 1. The van der Waals surface area contributed by atoms with Gasteiger partial charge in [-0.1, -0.05) is 18.2 Å². The van der Waals surface area contributed by atoms with E-state index in [2.05, 4.69) is 14.7 Å². The van der Waals surface area contributed by atoms with Crippen molar-refractivity contribution in [1.29, 1.82) is 0 Å². The third kappa shape index (κ3) is 2.90. The number of halogens is 3. The van der Waals surface area contributed by atoms with Gasteiger partial charge in [-0.2, -0.15) is 18.2 Å². The predicted octanol–water partition coefficient (Wildman–Crippen LogP) is 2.38. The normalized spacial score (nSPS) is 11.5. The minimum atomic E-state index is -4.49. The topological polar surface area (TPSA) is 76.2 Å². The molecular weight excluding hydrogens is 265 g/mol. The van der Waals surface area contributed by atoms with E-state index in [4.69, 9.17) is 5.11 Å². The van der Waals surface area contributed by atoms with Crippen LogP contribution in [-0.4, -0.2) is 21.2 Å². The van der Waals surface area contributed by atoms with Crippen molar-refractivity contribution in [3.8, 4) is 0 Å². The Morgan fingerprint density at radius 3 is 2.58 bits per heavy atom. The number of alkyl halides is 3. The fourth-order valence-corrected chi connectivity index (χ4v) is 1.53. The summed E-state index contributed by atoms with van der Waals surface area (Å²) < 4.78 is 42.8. The van der Waals surface area contributed by atoms with E-state index in [9.17, 15) is 18.0 Å². The third-order valence-electron chi connectivity index (χ3n) is 2.32. The minimum absolute atomic E-state index is 0.0596. The number of hydrogen-bond donors (Lipinski definition) is 1. The van der Waals surface area contributed by atoms with Crippen LogP contribution in [0.4, 0.5) is 13.2 Å². The number of nitrogens with zero attached hydrogens (tertiary/aromatic N) is 2. The lowest BCUT2D eigenvalue weighted by atomic mass is 10.0. The average molecular weight is 272 g/mol. The van der Waals surface area contributed by atoms with Gasteiger partial charge in [0.1, 0.15) is 0 Å². The summed E-state index contributed by atoms with van der Waals surface area (Å²) >= 11 is 0. The molecule has 5 nitrogen and oxygen atoms in total. The van der Waals surface area contributed by atoms with Crippen LogP contribution in [0.5, 0.6) is 0 Å². The predicted molar refractivity (Wildman–Crippen MR) is 55.5 cm³/mol. The van der Waals surface area contributed by atoms with E-state index in [0.29, 0.717) is 0 Å². The molecule has 0 aliphatic heterocycles. The van der Waals surface area contributed by atoms with Crippen LogP contribution in [0.2, 0.25) is 0 Å². The van der Waals surface area contributed by atoms with Gasteiger partial charge >= 0.3 is 12.1 Å². The van der Waals surface area contributed by atoms with Crippen LogP contribution in [-0.2, 0) is 12.6 Å². The molecule has 8 heteroatoms. The second kappa shape index (κ2) is 4.71. The van der Waals surface area contributed by atoms with Gasteiger partial charge in [-0.05, 0) is 16.8 Å². The third-order valence-corrected chi connectivity index (χ3v) is 2.32. The van der Waals surface area contributed by atoms with Gasteiger partial charge < -0.3 is 9.63 Å². The van der Waals surface area contributed by atoms with Crippen molar-refractivity contribution >= 4 is 5.97 Å². The van der Waals surface area contributed by atoms with Gasteiger partial charge in [-0.25, -0.2) is 4.79 Å². The SMILES string of the molecule is O=C(O)c1noc(Cc2ccccc2C(F)(F)F)n1. The van der Waals surface area contributed by atoms with Gasteiger partial charge in [0.25, 0.3) is 5.82 Å². The first-order chi connectivity index (χ1) is 8.88. The summed E-state index contributed by atoms with van der Waals surface area (Å²) in [5.74, 6) is -2.17. The smallest absolute Gasteiger partial charge is 0.416 e. The van der Waals surface area contributed by atoms with Crippen molar-refractivity contribution in [2.75, 3.05) is 0 Å². The summed E-state index contributed by atoms with van der Waals surface area (Å²) in [6, 6.07) is 4.92. The van der Waals surface area contributed by atoms with Gasteiger partial charge in [-0.3, -0.25) is 0 Å². The zero-order chi connectivity index (χ0) is 14.0. The number of carboxylic acids is 1. The Morgan fingerprint density at radius 2 is 2.00 bits per heavy atom. The highest BCUT2D eigenvalue weighted by molar-refractivity contribution is 5.82. The molecular formula is C11H7F3N2O3. The number of carbonyl (C=O) groups is 1. The number of rotatable bonds is 3. The summed E-state index contributed by atoms with van der Waals surface area (Å²) in [6.45, 7) is 0. The van der Waals surface area contributed by atoms with Crippen molar-refractivity contribution in [2.45, 2.75) is 12.6 Å². The molecule has 0 bridgehead atoms. The highest BCUT2D eigenvalue weighted by Crippen LogP contribution is 2.32. The lowest BCUT2D eigenvalue weighted by molar-refractivity contribution is -0.138. The highest BCUT2D eigenvalue weighted by Gasteiger charge is 2.33. The molecule has 0 saturated heterocycles. The lowest BCUT2D eigenvalue weighted by Gasteiger charge is -2.10. The lowest BCUT2D eigenvalue weighted by Crippen LogP contribution is -2.09. The van der Waals surface area contributed by atoms with Gasteiger partial charge in [0, 0.05) is 0 Å². The zero-order valence-corrected chi connectivity index (χ0v) is 9.31. The number of carboxylic acid groups (broad SMARTS) is 1. The van der Waals surface area contributed by atoms with Crippen LogP contribution < -0.4 is 0 Å². The molecule has 0 amide bonds. The molecule has 0 saturated carbocycles. The number of aromatic nitrogens is 2. The summed E-state index contributed by atoms with van der Waals surface area (Å²) in [5, 5.41) is 11.7. The molecule has 0 unspecified atom stereocenters. The van der Waals surface area contributed by atoms with Crippen molar-refractivity contribution < 1.29 is 27.6 Å². The van der Waals surface area contributed by atoms with E-state index in [1.54, 1.807) is 0 Å². The van der Waals surface area contributed by atoms with E-state index in [-0.39, 0.29) is 17.9 Å². The second-order valence-corrected chi connectivity index (χ2v) is 3.65. The average Bonchev–Trinajstić information content (AvgIpc) is 2.77. The first-order valence-electron chi connectivity index (χ1n) is 5.09. The van der Waals surface area contributed by atoms with Crippen LogP contribution in [0.15, 0.2) is 28.8 Å². The van der Waals surface area contributed by atoms with E-state index in [1.807, 2.05) is 0 Å². The largest absolute Gasteiger partial charge is 0.475 e. The molecule has 0 aliphatic rings. The summed E-state index contributed by atoms with van der Waals surface area (Å²) in [6.07, 6.45) is -4.78. The Morgan fingerprint density at radius 1 is 1.32 bits per heavy atom. The molecule has 0 aliphatic carbocycles. The first-order valence-corrected chi connectivity index (χ1v) is 5.09. The van der Waals surface area contributed by atoms with Crippen LogP contribution >= 0.6 is 0 Å². The maximum Gasteiger partial charge on any atom is 0.416 e. The second-order valence-electron chi connectivity index (χ2n) is 3.65. The molecule has 1 aromatic heterocycles. The minimum Gasteiger partial charge on any atom is -0.475 e. The Balaban J connectivity index is 2.30. The zero-order valence-electron chi connectivity index (χ0n) is 9.31. The fraction of sp³-hybridized carbons (Fsp3) is 0.182.